The van der Waals surface area contributed by atoms with E-state index in [4.69, 9.17) is 37.9 Å². The molecule has 8 atom stereocenters. The van der Waals surface area contributed by atoms with Gasteiger partial charge in [0.2, 0.25) is 0 Å². The third-order valence-electron chi connectivity index (χ3n) is 8.89. The van der Waals surface area contributed by atoms with Gasteiger partial charge in [0.05, 0.1) is 26.4 Å². The lowest BCUT2D eigenvalue weighted by molar-refractivity contribution is -0.202. The SMILES string of the molecule is CC1(C)O[C@@H]2[C@H](O1)[C@H]1COC/C=C\Cn3c(=O)ccn(c3=O)[C@@H]3O[C@H](COC/C=C\Cn4c(=O)ccn(c4=O)[C@@H]2O1)[C@H]1OC(C)(C)O[C@H]13. The fourth-order valence-corrected chi connectivity index (χ4v) is 6.82. The van der Waals surface area contributed by atoms with Crippen molar-refractivity contribution < 1.29 is 37.9 Å². The first-order valence-corrected chi connectivity index (χ1v) is 16.0. The van der Waals surface area contributed by atoms with Crippen LogP contribution in [0, 0.1) is 0 Å². The summed E-state index contributed by atoms with van der Waals surface area (Å²) < 4.78 is 53.6. The third-order valence-corrected chi connectivity index (χ3v) is 8.89. The molecular weight excluding hydrogens is 632 g/mol. The van der Waals surface area contributed by atoms with Gasteiger partial charge in [-0.25, -0.2) is 9.59 Å². The van der Waals surface area contributed by atoms with Crippen LogP contribution in [0.1, 0.15) is 40.2 Å². The summed E-state index contributed by atoms with van der Waals surface area (Å²) in [4.78, 5) is 52.6. The molecule has 0 unspecified atom stereocenters. The molecule has 48 heavy (non-hydrogen) atoms. The minimum atomic E-state index is -0.924. The van der Waals surface area contributed by atoms with Gasteiger partial charge in [-0.1, -0.05) is 24.3 Å². The summed E-state index contributed by atoms with van der Waals surface area (Å²) >= 11 is 0. The Balaban J connectivity index is 1.17. The second kappa shape index (κ2) is 12.8. The van der Waals surface area contributed by atoms with Gasteiger partial charge in [0.25, 0.3) is 11.1 Å². The Bertz CT molecular complexity index is 1690. The number of hydrogen-bond donors (Lipinski definition) is 0. The highest BCUT2D eigenvalue weighted by molar-refractivity contribution is 5.02. The van der Waals surface area contributed by atoms with E-state index in [0.29, 0.717) is 0 Å². The van der Waals surface area contributed by atoms with Gasteiger partial charge < -0.3 is 37.9 Å². The molecule has 2 aromatic rings. The van der Waals surface area contributed by atoms with E-state index in [2.05, 4.69) is 0 Å². The van der Waals surface area contributed by atoms with E-state index >= 15 is 0 Å². The standard InChI is InChI=1S/C32H40N4O12/c1-31(2)45-23-19-17-41-15-7-5-12-34-22(38)10-14-36(30(34)40)28-26-24(46-32(3,4)48-26)20(44-28)18-42-16-8-6-11-33-21(37)9-13-35(29(33)39)27(43-19)25(23)47-31/h5-10,13-14,19-20,23-28H,11-12,15-18H2,1-4H3/b7-5-,8-6-/t19-,20-,23-,24-,25-,26-,27-,28-/m1/s1. The van der Waals surface area contributed by atoms with Crippen molar-refractivity contribution in [1.29, 1.82) is 0 Å². The van der Waals surface area contributed by atoms with Crippen LogP contribution >= 0.6 is 0 Å². The molecule has 7 heterocycles. The highest BCUT2D eigenvalue weighted by Crippen LogP contribution is 2.43. The van der Waals surface area contributed by atoms with E-state index < -0.39 is 83.2 Å². The summed E-state index contributed by atoms with van der Waals surface area (Å²) in [5.41, 5.74) is -2.05. The molecule has 2 aromatic heterocycles. The van der Waals surface area contributed by atoms with E-state index in [1.165, 1.54) is 33.7 Å². The Hall–Kier alpha value is -3.48. The monoisotopic (exact) mass is 672 g/mol. The molecule has 0 N–H and O–H groups in total. The average molecular weight is 673 g/mol. The summed E-state index contributed by atoms with van der Waals surface area (Å²) in [6, 6.07) is 2.62. The minimum Gasteiger partial charge on any atom is -0.375 e. The van der Waals surface area contributed by atoms with Gasteiger partial charge in [0.15, 0.2) is 24.0 Å². The number of aromatic nitrogens is 4. The van der Waals surface area contributed by atoms with E-state index in [0.717, 1.165) is 9.13 Å². The molecule has 0 saturated carbocycles. The lowest BCUT2D eigenvalue weighted by Gasteiger charge is -2.25. The molecule has 4 saturated heterocycles. The zero-order chi connectivity index (χ0) is 33.8. The number of nitrogens with zero attached hydrogens (tertiary/aromatic N) is 4. The lowest BCUT2D eigenvalue weighted by Crippen LogP contribution is -2.43. The van der Waals surface area contributed by atoms with E-state index in [1.54, 1.807) is 52.0 Å². The molecule has 7 rings (SSSR count). The summed E-state index contributed by atoms with van der Waals surface area (Å²) in [6.07, 6.45) is 4.29. The lowest BCUT2D eigenvalue weighted by atomic mass is 10.1. The Labute approximate surface area is 274 Å². The molecule has 4 fully saturated rings. The maximum Gasteiger partial charge on any atom is 0.333 e. The summed E-state index contributed by atoms with van der Waals surface area (Å²) in [6.45, 7) is 7.64. The zero-order valence-corrected chi connectivity index (χ0v) is 27.2. The molecule has 8 bridgehead atoms. The molecule has 0 amide bonds. The Morgan fingerprint density at radius 1 is 0.583 bits per heavy atom. The topological polar surface area (TPSA) is 162 Å². The predicted molar refractivity (Wildman–Crippen MR) is 165 cm³/mol. The van der Waals surface area contributed by atoms with E-state index in [9.17, 15) is 19.2 Å². The van der Waals surface area contributed by atoms with Crippen molar-refractivity contribution in [2.24, 2.45) is 0 Å². The highest BCUT2D eigenvalue weighted by Gasteiger charge is 2.57. The molecule has 16 heteroatoms. The molecule has 16 nitrogen and oxygen atoms in total. The highest BCUT2D eigenvalue weighted by atomic mass is 16.8. The van der Waals surface area contributed by atoms with Crippen molar-refractivity contribution in [3.63, 3.8) is 0 Å². The molecular formula is C32H40N4O12. The van der Waals surface area contributed by atoms with Crippen molar-refractivity contribution in [2.75, 3.05) is 26.4 Å². The molecule has 0 radical (unpaired) electrons. The van der Waals surface area contributed by atoms with Gasteiger partial charge in [-0.15, -0.1) is 0 Å². The maximum atomic E-state index is 13.6. The van der Waals surface area contributed by atoms with Gasteiger partial charge in [0, 0.05) is 37.6 Å². The third kappa shape index (κ3) is 6.22. The van der Waals surface area contributed by atoms with Crippen LogP contribution in [0.5, 0.6) is 0 Å². The first-order chi connectivity index (χ1) is 22.9. The normalized spacial score (nSPS) is 35.8. The molecule has 5 aliphatic rings. The van der Waals surface area contributed by atoms with Crippen molar-refractivity contribution in [3.8, 4) is 0 Å². The second-order valence-corrected chi connectivity index (χ2v) is 13.2. The van der Waals surface area contributed by atoms with Crippen LogP contribution in [0.4, 0.5) is 0 Å². The van der Waals surface area contributed by atoms with Crippen LogP contribution in [0.15, 0.2) is 68.0 Å². The van der Waals surface area contributed by atoms with Crippen molar-refractivity contribution in [1.82, 2.24) is 18.3 Å². The van der Waals surface area contributed by atoms with Crippen molar-refractivity contribution in [3.05, 3.63) is 90.5 Å². The number of hydrogen-bond acceptors (Lipinski definition) is 12. The van der Waals surface area contributed by atoms with Gasteiger partial charge in [0.1, 0.15) is 36.6 Å². The van der Waals surface area contributed by atoms with Crippen molar-refractivity contribution in [2.45, 2.75) is 101 Å². The fraction of sp³-hybridized carbons (Fsp3) is 0.625. The van der Waals surface area contributed by atoms with Crippen LogP contribution in [0.2, 0.25) is 0 Å². The average Bonchev–Trinajstić information content (AvgIpc) is 3.72. The smallest absolute Gasteiger partial charge is 0.333 e. The minimum absolute atomic E-state index is 0.000868. The zero-order valence-electron chi connectivity index (χ0n) is 27.2. The van der Waals surface area contributed by atoms with Crippen LogP contribution in [0.3, 0.4) is 0 Å². The predicted octanol–water partition coefficient (Wildman–Crippen LogP) is 0.0278. The van der Waals surface area contributed by atoms with Gasteiger partial charge >= 0.3 is 11.4 Å². The summed E-state index contributed by atoms with van der Waals surface area (Å²) in [5.74, 6) is -1.85. The Morgan fingerprint density at radius 2 is 0.979 bits per heavy atom. The second-order valence-electron chi connectivity index (χ2n) is 13.2. The molecule has 260 valence electrons. The van der Waals surface area contributed by atoms with Gasteiger partial charge in [-0.3, -0.25) is 27.9 Å². The van der Waals surface area contributed by atoms with Gasteiger partial charge in [-0.2, -0.15) is 0 Å². The maximum absolute atomic E-state index is 13.6. The first kappa shape index (κ1) is 33.0. The molecule has 0 aliphatic carbocycles. The summed E-state index contributed by atoms with van der Waals surface area (Å²) in [5, 5.41) is 0. The first-order valence-electron chi connectivity index (χ1n) is 16.0. The number of rotatable bonds is 0. The molecule has 0 spiro atoms. The number of fused-ring (bicyclic) bond motifs is 16. The Morgan fingerprint density at radius 3 is 1.40 bits per heavy atom. The van der Waals surface area contributed by atoms with Gasteiger partial charge in [-0.05, 0) is 27.7 Å². The molecule has 5 aliphatic heterocycles. The summed E-state index contributed by atoms with van der Waals surface area (Å²) in [7, 11) is 0. The van der Waals surface area contributed by atoms with Crippen LogP contribution < -0.4 is 22.5 Å². The van der Waals surface area contributed by atoms with Crippen LogP contribution in [-0.2, 0) is 51.0 Å². The molecule has 0 aromatic carbocycles. The van der Waals surface area contributed by atoms with Crippen LogP contribution in [0.25, 0.3) is 0 Å². The van der Waals surface area contributed by atoms with Crippen molar-refractivity contribution >= 4 is 0 Å². The number of allylic oxidation sites excluding steroid dienone is 2. The number of ether oxygens (including phenoxy) is 8. The quantitative estimate of drug-likeness (QED) is 0.346. The Kier molecular flexibility index (Phi) is 8.78. The van der Waals surface area contributed by atoms with Crippen LogP contribution in [-0.4, -0.2) is 92.9 Å². The van der Waals surface area contributed by atoms with E-state index in [1.807, 2.05) is 0 Å². The van der Waals surface area contributed by atoms with E-state index in [-0.39, 0.29) is 39.5 Å². The largest absolute Gasteiger partial charge is 0.375 e. The fourth-order valence-electron chi connectivity index (χ4n) is 6.82.